The number of nitrogens with zero attached hydrogens (tertiary/aromatic N) is 2. The van der Waals surface area contributed by atoms with Gasteiger partial charge in [0.1, 0.15) is 5.82 Å². The summed E-state index contributed by atoms with van der Waals surface area (Å²) < 4.78 is 13.1. The van der Waals surface area contributed by atoms with E-state index in [9.17, 15) is 4.39 Å². The molecule has 0 fully saturated rings. The summed E-state index contributed by atoms with van der Waals surface area (Å²) in [7, 11) is 1.74. The standard InChI is InChI=1S/C18H23FN4.HI/c1-14-6-7-16(13-23-14)9-11-22-18(20-2)21-10-8-15-4-3-5-17(19)12-15;/h3-7,12-13H,8-11H2,1-2H3,(H2,20,21,22);1H. The molecule has 0 radical (unpaired) electrons. The summed E-state index contributed by atoms with van der Waals surface area (Å²) in [6.07, 6.45) is 3.54. The monoisotopic (exact) mass is 442 g/mol. The molecule has 2 rings (SSSR count). The van der Waals surface area contributed by atoms with Gasteiger partial charge in [-0.1, -0.05) is 18.2 Å². The third-order valence-electron chi connectivity index (χ3n) is 3.50. The maximum Gasteiger partial charge on any atom is 0.190 e. The molecule has 1 aromatic carbocycles. The Hall–Kier alpha value is -1.70. The second kappa shape index (κ2) is 11.0. The summed E-state index contributed by atoms with van der Waals surface area (Å²) in [4.78, 5) is 8.47. The smallest absolute Gasteiger partial charge is 0.190 e. The molecule has 1 aromatic heterocycles. The summed E-state index contributed by atoms with van der Waals surface area (Å²) in [6, 6.07) is 10.8. The molecule has 0 spiro atoms. The van der Waals surface area contributed by atoms with E-state index in [-0.39, 0.29) is 29.8 Å². The Balaban J connectivity index is 0.00000288. The van der Waals surface area contributed by atoms with Crippen molar-refractivity contribution in [2.24, 2.45) is 4.99 Å². The van der Waals surface area contributed by atoms with Crippen molar-refractivity contribution in [2.45, 2.75) is 19.8 Å². The lowest BCUT2D eigenvalue weighted by Gasteiger charge is -2.12. The highest BCUT2D eigenvalue weighted by Gasteiger charge is 2.00. The Morgan fingerprint density at radius 2 is 1.79 bits per heavy atom. The number of halogens is 2. The Morgan fingerprint density at radius 1 is 1.08 bits per heavy atom. The Bertz CT molecular complexity index is 644. The van der Waals surface area contributed by atoms with Gasteiger partial charge in [-0.15, -0.1) is 24.0 Å². The van der Waals surface area contributed by atoms with Gasteiger partial charge in [0.15, 0.2) is 5.96 Å². The fourth-order valence-electron chi connectivity index (χ4n) is 2.21. The molecule has 4 nitrogen and oxygen atoms in total. The van der Waals surface area contributed by atoms with E-state index in [1.165, 1.54) is 11.6 Å². The average Bonchev–Trinajstić information content (AvgIpc) is 2.55. The van der Waals surface area contributed by atoms with E-state index in [2.05, 4.69) is 26.7 Å². The fraction of sp³-hybridized carbons (Fsp3) is 0.333. The Morgan fingerprint density at radius 3 is 2.38 bits per heavy atom. The average molecular weight is 442 g/mol. The zero-order valence-electron chi connectivity index (χ0n) is 14.1. The predicted molar refractivity (Wildman–Crippen MR) is 108 cm³/mol. The van der Waals surface area contributed by atoms with Crippen LogP contribution in [0.2, 0.25) is 0 Å². The zero-order chi connectivity index (χ0) is 16.5. The number of hydrogen-bond acceptors (Lipinski definition) is 2. The lowest BCUT2D eigenvalue weighted by molar-refractivity contribution is 0.625. The van der Waals surface area contributed by atoms with E-state index >= 15 is 0 Å². The van der Waals surface area contributed by atoms with Crippen LogP contribution in [0.3, 0.4) is 0 Å². The van der Waals surface area contributed by atoms with Gasteiger partial charge in [-0.2, -0.15) is 0 Å². The number of nitrogens with one attached hydrogen (secondary N) is 2. The van der Waals surface area contributed by atoms with E-state index < -0.39 is 0 Å². The maximum atomic E-state index is 13.1. The minimum Gasteiger partial charge on any atom is -0.356 e. The van der Waals surface area contributed by atoms with Crippen LogP contribution in [0.5, 0.6) is 0 Å². The van der Waals surface area contributed by atoms with Gasteiger partial charge < -0.3 is 10.6 Å². The van der Waals surface area contributed by atoms with Gasteiger partial charge in [-0.25, -0.2) is 4.39 Å². The normalized spacial score (nSPS) is 10.9. The van der Waals surface area contributed by atoms with E-state index in [4.69, 9.17) is 0 Å². The van der Waals surface area contributed by atoms with Crippen LogP contribution in [0.25, 0.3) is 0 Å². The molecule has 0 aliphatic carbocycles. The molecule has 0 aliphatic heterocycles. The first-order chi connectivity index (χ1) is 11.2. The molecule has 24 heavy (non-hydrogen) atoms. The molecule has 2 aromatic rings. The van der Waals surface area contributed by atoms with Crippen molar-refractivity contribution in [3.63, 3.8) is 0 Å². The number of guanidine groups is 1. The molecule has 0 unspecified atom stereocenters. The van der Waals surface area contributed by atoms with Crippen LogP contribution in [-0.4, -0.2) is 31.1 Å². The second-order valence-corrected chi connectivity index (χ2v) is 5.36. The number of rotatable bonds is 6. The quantitative estimate of drug-likeness (QED) is 0.411. The highest BCUT2D eigenvalue weighted by atomic mass is 127. The van der Waals surface area contributed by atoms with Gasteiger partial charge in [0.25, 0.3) is 0 Å². The van der Waals surface area contributed by atoms with Crippen molar-refractivity contribution >= 4 is 29.9 Å². The van der Waals surface area contributed by atoms with Crippen LogP contribution < -0.4 is 10.6 Å². The largest absolute Gasteiger partial charge is 0.356 e. The molecule has 6 heteroatoms. The molecule has 0 aliphatic rings. The number of pyridine rings is 1. The number of aryl methyl sites for hydroxylation is 1. The van der Waals surface area contributed by atoms with Crippen molar-refractivity contribution in [2.75, 3.05) is 20.1 Å². The number of benzene rings is 1. The Labute approximate surface area is 160 Å². The maximum absolute atomic E-state index is 13.1. The minimum atomic E-state index is -0.197. The van der Waals surface area contributed by atoms with Crippen molar-refractivity contribution in [3.05, 3.63) is 65.2 Å². The number of aromatic nitrogens is 1. The van der Waals surface area contributed by atoms with Gasteiger partial charge in [0.05, 0.1) is 0 Å². The number of aliphatic imine (C=N–C) groups is 1. The van der Waals surface area contributed by atoms with Gasteiger partial charge in [-0.3, -0.25) is 9.98 Å². The molecule has 0 saturated heterocycles. The van der Waals surface area contributed by atoms with Gasteiger partial charge in [0, 0.05) is 32.0 Å². The van der Waals surface area contributed by atoms with Crippen LogP contribution in [-0.2, 0) is 12.8 Å². The van der Waals surface area contributed by atoms with Gasteiger partial charge in [-0.05, 0) is 49.1 Å². The van der Waals surface area contributed by atoms with Gasteiger partial charge in [0.2, 0.25) is 0 Å². The van der Waals surface area contributed by atoms with E-state index in [1.54, 1.807) is 19.2 Å². The van der Waals surface area contributed by atoms with Crippen molar-refractivity contribution in [1.29, 1.82) is 0 Å². The molecule has 2 N–H and O–H groups in total. The summed E-state index contributed by atoms with van der Waals surface area (Å²) in [5, 5.41) is 6.50. The fourth-order valence-corrected chi connectivity index (χ4v) is 2.21. The van der Waals surface area contributed by atoms with Gasteiger partial charge >= 0.3 is 0 Å². The molecular weight excluding hydrogens is 418 g/mol. The molecule has 0 bridgehead atoms. The molecule has 0 amide bonds. The first-order valence-corrected chi connectivity index (χ1v) is 7.78. The molecule has 1 heterocycles. The van der Waals surface area contributed by atoms with Crippen LogP contribution >= 0.6 is 24.0 Å². The third-order valence-corrected chi connectivity index (χ3v) is 3.50. The highest BCUT2D eigenvalue weighted by Crippen LogP contribution is 2.03. The first-order valence-electron chi connectivity index (χ1n) is 7.78. The molecule has 0 atom stereocenters. The van der Waals surface area contributed by atoms with Crippen LogP contribution in [0.4, 0.5) is 4.39 Å². The highest BCUT2D eigenvalue weighted by molar-refractivity contribution is 14.0. The SMILES string of the molecule is CN=C(NCCc1ccc(C)nc1)NCCc1cccc(F)c1.I. The predicted octanol–water partition coefficient (Wildman–Crippen LogP) is 3.10. The summed E-state index contributed by atoms with van der Waals surface area (Å²) >= 11 is 0. The minimum absolute atomic E-state index is 0. The van der Waals surface area contributed by atoms with Crippen LogP contribution in [0.1, 0.15) is 16.8 Å². The van der Waals surface area contributed by atoms with E-state index in [0.717, 1.165) is 36.6 Å². The zero-order valence-corrected chi connectivity index (χ0v) is 16.4. The Kier molecular flexibility index (Phi) is 9.29. The van der Waals surface area contributed by atoms with Crippen LogP contribution in [0, 0.1) is 12.7 Å². The number of hydrogen-bond donors (Lipinski definition) is 2. The van der Waals surface area contributed by atoms with E-state index in [0.29, 0.717) is 6.54 Å². The second-order valence-electron chi connectivity index (χ2n) is 5.36. The van der Waals surface area contributed by atoms with Crippen molar-refractivity contribution in [3.8, 4) is 0 Å². The van der Waals surface area contributed by atoms with Crippen LogP contribution in [0.15, 0.2) is 47.6 Å². The van der Waals surface area contributed by atoms with E-state index in [1.807, 2.05) is 25.3 Å². The summed E-state index contributed by atoms with van der Waals surface area (Å²) in [5.74, 6) is 0.554. The summed E-state index contributed by atoms with van der Waals surface area (Å²) in [5.41, 5.74) is 3.19. The van der Waals surface area contributed by atoms with Crippen molar-refractivity contribution in [1.82, 2.24) is 15.6 Å². The lowest BCUT2D eigenvalue weighted by Crippen LogP contribution is -2.39. The topological polar surface area (TPSA) is 49.3 Å². The molecular formula is C18H24FIN4. The summed E-state index contributed by atoms with van der Waals surface area (Å²) in [6.45, 7) is 3.46. The molecule has 130 valence electrons. The first kappa shape index (κ1) is 20.3. The third kappa shape index (κ3) is 7.25. The molecule has 0 saturated carbocycles. The lowest BCUT2D eigenvalue weighted by atomic mass is 10.1. The van der Waals surface area contributed by atoms with Crippen molar-refractivity contribution < 1.29 is 4.39 Å².